The van der Waals surface area contributed by atoms with Gasteiger partial charge in [0.05, 0.1) is 12.6 Å². The van der Waals surface area contributed by atoms with Crippen molar-refractivity contribution in [1.29, 1.82) is 0 Å². The second-order valence-electron chi connectivity index (χ2n) is 4.94. The van der Waals surface area contributed by atoms with Gasteiger partial charge in [-0.2, -0.15) is 0 Å². The molecule has 1 aromatic carbocycles. The maximum atomic E-state index is 13.8. The molecule has 0 atom stereocenters. The summed E-state index contributed by atoms with van der Waals surface area (Å²) in [6, 6.07) is 6.60. The van der Waals surface area contributed by atoms with Crippen molar-refractivity contribution in [2.24, 2.45) is 0 Å². The molecule has 0 unspecified atom stereocenters. The molecule has 0 amide bonds. The molecule has 124 valence electrons. The highest BCUT2D eigenvalue weighted by atomic mass is 19.1. The van der Waals surface area contributed by atoms with Crippen LogP contribution in [0.4, 0.5) is 8.78 Å². The second kappa shape index (κ2) is 7.50. The molecule has 0 saturated heterocycles. The number of nitrogens with zero attached hydrogens (tertiary/aromatic N) is 1. The summed E-state index contributed by atoms with van der Waals surface area (Å²) in [5.74, 6) is -2.19. The van der Waals surface area contributed by atoms with Crippen LogP contribution in [0.15, 0.2) is 65.3 Å². The number of hydrogen-bond acceptors (Lipinski definition) is 3. The molecule has 0 aliphatic carbocycles. The van der Waals surface area contributed by atoms with Gasteiger partial charge < -0.3 is 9.52 Å². The Bertz CT molecular complexity index is 817. The monoisotopic (exact) mass is 331 g/mol. The average Bonchev–Trinajstić information content (AvgIpc) is 3.04. The van der Waals surface area contributed by atoms with Gasteiger partial charge in [0.15, 0.2) is 5.76 Å². The van der Waals surface area contributed by atoms with Crippen LogP contribution in [0.1, 0.15) is 18.2 Å². The number of carbonyl (C=O) groups is 1. The fourth-order valence-electron chi connectivity index (χ4n) is 1.90. The lowest BCUT2D eigenvalue weighted by Crippen LogP contribution is -1.99. The summed E-state index contributed by atoms with van der Waals surface area (Å²) in [7, 11) is 0. The molecular formula is C18H15F2NO3. The number of halogens is 2. The van der Waals surface area contributed by atoms with E-state index in [1.54, 1.807) is 24.3 Å². The fraction of sp³-hybridized carbons (Fsp3) is 0.111. The van der Waals surface area contributed by atoms with Crippen LogP contribution in [-0.4, -0.2) is 16.1 Å². The van der Waals surface area contributed by atoms with Crippen molar-refractivity contribution >= 4 is 11.5 Å². The summed E-state index contributed by atoms with van der Waals surface area (Å²) in [5, 5.41) is 8.74. The summed E-state index contributed by atoms with van der Waals surface area (Å²) >= 11 is 0. The lowest BCUT2D eigenvalue weighted by atomic mass is 10.1. The van der Waals surface area contributed by atoms with Gasteiger partial charge in [0.1, 0.15) is 11.7 Å². The van der Waals surface area contributed by atoms with Crippen LogP contribution in [0.25, 0.3) is 17.0 Å². The first kappa shape index (κ1) is 17.3. The first-order valence-electron chi connectivity index (χ1n) is 7.06. The predicted molar refractivity (Wildman–Crippen MR) is 86.4 cm³/mol. The maximum absolute atomic E-state index is 13.8. The number of carboxylic acids is 1. The van der Waals surface area contributed by atoms with Crippen LogP contribution in [0, 0.1) is 0 Å². The Labute approximate surface area is 137 Å². The molecule has 2 rings (SSSR count). The van der Waals surface area contributed by atoms with E-state index in [2.05, 4.69) is 11.6 Å². The van der Waals surface area contributed by atoms with Gasteiger partial charge in [-0.15, -0.1) is 0 Å². The molecule has 4 nitrogen and oxygen atoms in total. The molecule has 0 saturated carbocycles. The molecule has 2 aromatic rings. The molecule has 1 N–H and O–H groups in total. The van der Waals surface area contributed by atoms with Gasteiger partial charge >= 0.3 is 5.97 Å². The van der Waals surface area contributed by atoms with E-state index in [4.69, 9.17) is 9.52 Å². The molecule has 24 heavy (non-hydrogen) atoms. The smallest absolute Gasteiger partial charge is 0.307 e. The van der Waals surface area contributed by atoms with Crippen molar-refractivity contribution in [2.75, 3.05) is 0 Å². The highest BCUT2D eigenvalue weighted by Crippen LogP contribution is 2.28. The zero-order valence-corrected chi connectivity index (χ0v) is 12.9. The molecular weight excluding hydrogens is 316 g/mol. The Hall–Kier alpha value is -3.02. The number of allylic oxidation sites excluding steroid dienone is 5. The number of oxazole rings is 1. The van der Waals surface area contributed by atoms with E-state index in [1.165, 1.54) is 13.1 Å². The van der Waals surface area contributed by atoms with Crippen LogP contribution >= 0.6 is 0 Å². The van der Waals surface area contributed by atoms with Gasteiger partial charge in [-0.05, 0) is 24.6 Å². The number of aromatic nitrogens is 1. The summed E-state index contributed by atoms with van der Waals surface area (Å²) in [4.78, 5) is 14.7. The molecule has 0 bridgehead atoms. The van der Waals surface area contributed by atoms with Crippen molar-refractivity contribution < 1.29 is 23.1 Å². The van der Waals surface area contributed by atoms with E-state index in [0.717, 1.165) is 6.08 Å². The molecule has 0 aliphatic heterocycles. The van der Waals surface area contributed by atoms with Crippen molar-refractivity contribution in [3.8, 4) is 11.5 Å². The van der Waals surface area contributed by atoms with E-state index < -0.39 is 17.6 Å². The van der Waals surface area contributed by atoms with E-state index in [-0.39, 0.29) is 23.6 Å². The summed E-state index contributed by atoms with van der Waals surface area (Å²) in [6.45, 7) is 4.98. The van der Waals surface area contributed by atoms with Crippen LogP contribution in [0.5, 0.6) is 0 Å². The number of benzene rings is 1. The van der Waals surface area contributed by atoms with Gasteiger partial charge in [0, 0.05) is 17.2 Å². The summed E-state index contributed by atoms with van der Waals surface area (Å²) < 4.78 is 32.4. The van der Waals surface area contributed by atoms with E-state index in [1.807, 2.05) is 0 Å². The minimum absolute atomic E-state index is 0.0808. The van der Waals surface area contributed by atoms with Gasteiger partial charge in [-0.25, -0.2) is 13.8 Å². The number of rotatable bonds is 6. The molecule has 6 heteroatoms. The molecule has 0 aliphatic rings. The molecule has 1 heterocycles. The first-order chi connectivity index (χ1) is 11.4. The van der Waals surface area contributed by atoms with Gasteiger partial charge in [-0.3, -0.25) is 4.79 Å². The molecule has 0 spiro atoms. The largest absolute Gasteiger partial charge is 0.481 e. The topological polar surface area (TPSA) is 63.3 Å². The fourth-order valence-corrected chi connectivity index (χ4v) is 1.90. The van der Waals surface area contributed by atoms with Crippen LogP contribution in [0.3, 0.4) is 0 Å². The Kier molecular flexibility index (Phi) is 5.42. The third-order valence-electron chi connectivity index (χ3n) is 3.19. The molecule has 1 aromatic heterocycles. The molecule has 0 radical (unpaired) electrons. The number of aliphatic carboxylic acids is 1. The number of hydrogen-bond donors (Lipinski definition) is 1. The second-order valence-corrected chi connectivity index (χ2v) is 4.94. The maximum Gasteiger partial charge on any atom is 0.307 e. The lowest BCUT2D eigenvalue weighted by molar-refractivity contribution is -0.136. The third kappa shape index (κ3) is 4.25. The predicted octanol–water partition coefficient (Wildman–Crippen LogP) is 4.71. The normalized spacial score (nSPS) is 12.3. The van der Waals surface area contributed by atoms with Crippen molar-refractivity contribution in [3.05, 3.63) is 72.2 Å². The van der Waals surface area contributed by atoms with Crippen LogP contribution < -0.4 is 0 Å². The summed E-state index contributed by atoms with van der Waals surface area (Å²) in [5.41, 5.74) is 1.12. The molecule has 0 fully saturated rings. The lowest BCUT2D eigenvalue weighted by Gasteiger charge is -2.00. The zero-order valence-electron chi connectivity index (χ0n) is 12.9. The third-order valence-corrected chi connectivity index (χ3v) is 3.19. The first-order valence-corrected chi connectivity index (χ1v) is 7.06. The van der Waals surface area contributed by atoms with E-state index in [0.29, 0.717) is 17.2 Å². The Morgan fingerprint density at radius 3 is 2.58 bits per heavy atom. The van der Waals surface area contributed by atoms with Crippen LogP contribution in [-0.2, 0) is 11.2 Å². The summed E-state index contributed by atoms with van der Waals surface area (Å²) in [6.07, 6.45) is 3.05. The number of carboxylic acid groups (broad SMARTS) is 1. The Morgan fingerprint density at radius 1 is 1.33 bits per heavy atom. The zero-order chi connectivity index (χ0) is 17.7. The van der Waals surface area contributed by atoms with Crippen LogP contribution in [0.2, 0.25) is 0 Å². The van der Waals surface area contributed by atoms with Gasteiger partial charge in [0.2, 0.25) is 5.89 Å². The Balaban J connectivity index is 2.20. The van der Waals surface area contributed by atoms with E-state index >= 15 is 0 Å². The minimum atomic E-state index is -0.923. The van der Waals surface area contributed by atoms with Gasteiger partial charge in [-0.1, -0.05) is 24.8 Å². The van der Waals surface area contributed by atoms with Crippen molar-refractivity contribution in [1.82, 2.24) is 4.98 Å². The quantitative estimate of drug-likeness (QED) is 0.779. The SMILES string of the molecule is C=C(/C(F)=C\C(F)=C/C)c1cnc(-c2ccc(CC(=O)O)cc2)o1. The average molecular weight is 331 g/mol. The van der Waals surface area contributed by atoms with Gasteiger partial charge in [0.25, 0.3) is 0 Å². The standard InChI is InChI=1S/C18H15F2NO3/c1-3-14(19)9-15(20)11(2)16-10-21-18(24-16)13-6-4-12(5-7-13)8-17(22)23/h3-7,9-10H,2,8H2,1H3,(H,22,23)/b14-3+,15-9+. The minimum Gasteiger partial charge on any atom is -0.481 e. The highest BCUT2D eigenvalue weighted by molar-refractivity contribution is 5.73. The highest BCUT2D eigenvalue weighted by Gasteiger charge is 2.13. The van der Waals surface area contributed by atoms with Crippen molar-refractivity contribution in [3.63, 3.8) is 0 Å². The Morgan fingerprint density at radius 2 is 2.00 bits per heavy atom. The van der Waals surface area contributed by atoms with E-state index in [9.17, 15) is 13.6 Å². The van der Waals surface area contributed by atoms with Crippen molar-refractivity contribution in [2.45, 2.75) is 13.3 Å².